The lowest BCUT2D eigenvalue weighted by molar-refractivity contribution is -0.0267. The lowest BCUT2D eigenvalue weighted by Crippen LogP contribution is -2.52. The molecule has 0 aromatic rings. The molecule has 18 heavy (non-hydrogen) atoms. The topological polar surface area (TPSA) is 44.7 Å². The minimum atomic E-state index is 0.139. The summed E-state index contributed by atoms with van der Waals surface area (Å²) in [7, 11) is 2.07. The van der Waals surface area contributed by atoms with E-state index in [0.717, 1.165) is 39.3 Å². The van der Waals surface area contributed by atoms with Gasteiger partial charge in [0.05, 0.1) is 13.2 Å². The van der Waals surface area contributed by atoms with Crippen LogP contribution in [0.5, 0.6) is 0 Å². The van der Waals surface area contributed by atoms with Gasteiger partial charge in [0.15, 0.2) is 0 Å². The molecular formula is C14H30N2O2. The molecule has 0 bridgehead atoms. The van der Waals surface area contributed by atoms with Crippen molar-refractivity contribution in [3.8, 4) is 0 Å². The molecule has 0 aliphatic carbocycles. The zero-order chi connectivity index (χ0) is 13.6. The van der Waals surface area contributed by atoms with Crippen LogP contribution in [-0.2, 0) is 4.74 Å². The zero-order valence-electron chi connectivity index (χ0n) is 12.5. The molecule has 0 radical (unpaired) electrons. The number of hydrogen-bond acceptors (Lipinski definition) is 4. The molecular weight excluding hydrogens is 228 g/mol. The summed E-state index contributed by atoms with van der Waals surface area (Å²) in [4.78, 5) is 2.21. The summed E-state index contributed by atoms with van der Waals surface area (Å²) >= 11 is 0. The molecule has 1 unspecified atom stereocenters. The van der Waals surface area contributed by atoms with Crippen LogP contribution < -0.4 is 5.32 Å². The van der Waals surface area contributed by atoms with Crippen molar-refractivity contribution in [3.63, 3.8) is 0 Å². The van der Waals surface area contributed by atoms with Gasteiger partial charge in [0.25, 0.3) is 0 Å². The van der Waals surface area contributed by atoms with E-state index in [0.29, 0.717) is 0 Å². The Labute approximate surface area is 112 Å². The van der Waals surface area contributed by atoms with E-state index in [1.54, 1.807) is 0 Å². The zero-order valence-corrected chi connectivity index (χ0v) is 12.5. The van der Waals surface area contributed by atoms with E-state index in [2.05, 4.69) is 38.0 Å². The van der Waals surface area contributed by atoms with Crippen LogP contribution in [0.2, 0.25) is 0 Å². The molecule has 0 aromatic heterocycles. The van der Waals surface area contributed by atoms with Crippen molar-refractivity contribution in [1.29, 1.82) is 0 Å². The first-order valence-corrected chi connectivity index (χ1v) is 6.99. The largest absolute Gasteiger partial charge is 0.395 e. The lowest BCUT2D eigenvalue weighted by atomic mass is 9.81. The van der Waals surface area contributed by atoms with Crippen LogP contribution in [0.25, 0.3) is 0 Å². The fourth-order valence-electron chi connectivity index (χ4n) is 2.51. The fourth-order valence-corrected chi connectivity index (χ4v) is 2.51. The normalized spacial score (nSPS) is 25.7. The standard InChI is InChI=1S/C14H30N2O2/c1-13(2,3)15-10-14(6-5-9-18-12-14)11-16(4)7-8-17/h15,17H,5-12H2,1-4H3. The van der Waals surface area contributed by atoms with Gasteiger partial charge in [-0.15, -0.1) is 0 Å². The number of ether oxygens (including phenoxy) is 1. The van der Waals surface area contributed by atoms with E-state index in [4.69, 9.17) is 9.84 Å². The van der Waals surface area contributed by atoms with Gasteiger partial charge in [0.2, 0.25) is 0 Å². The van der Waals surface area contributed by atoms with E-state index in [-0.39, 0.29) is 17.6 Å². The van der Waals surface area contributed by atoms with E-state index >= 15 is 0 Å². The van der Waals surface area contributed by atoms with Crippen molar-refractivity contribution in [3.05, 3.63) is 0 Å². The molecule has 1 atom stereocenters. The first kappa shape index (κ1) is 15.9. The smallest absolute Gasteiger partial charge is 0.0558 e. The fraction of sp³-hybridized carbons (Fsp3) is 1.00. The minimum Gasteiger partial charge on any atom is -0.395 e. The summed E-state index contributed by atoms with van der Waals surface area (Å²) in [6.07, 6.45) is 2.34. The van der Waals surface area contributed by atoms with Gasteiger partial charge in [-0.1, -0.05) is 0 Å². The predicted octanol–water partition coefficient (Wildman–Crippen LogP) is 1.10. The molecule has 0 spiro atoms. The van der Waals surface area contributed by atoms with Gasteiger partial charge in [-0.3, -0.25) is 0 Å². The van der Waals surface area contributed by atoms with Crippen LogP contribution in [0.15, 0.2) is 0 Å². The monoisotopic (exact) mass is 258 g/mol. The summed E-state index contributed by atoms with van der Waals surface area (Å²) in [5, 5.41) is 12.6. The highest BCUT2D eigenvalue weighted by molar-refractivity contribution is 4.89. The maximum absolute atomic E-state index is 9.02. The maximum Gasteiger partial charge on any atom is 0.0558 e. The molecule has 108 valence electrons. The molecule has 4 nitrogen and oxygen atoms in total. The van der Waals surface area contributed by atoms with E-state index in [9.17, 15) is 0 Å². The van der Waals surface area contributed by atoms with Gasteiger partial charge < -0.3 is 20.1 Å². The predicted molar refractivity (Wildman–Crippen MR) is 74.8 cm³/mol. The maximum atomic E-state index is 9.02. The summed E-state index contributed by atoms with van der Waals surface area (Å²) in [5.74, 6) is 0. The second-order valence-electron chi connectivity index (χ2n) is 6.72. The van der Waals surface area contributed by atoms with E-state index in [1.165, 1.54) is 6.42 Å². The van der Waals surface area contributed by atoms with Crippen molar-refractivity contribution < 1.29 is 9.84 Å². The number of nitrogens with one attached hydrogen (secondary N) is 1. The van der Waals surface area contributed by atoms with Crippen LogP contribution in [-0.4, -0.2) is 62.0 Å². The quantitative estimate of drug-likeness (QED) is 0.749. The van der Waals surface area contributed by atoms with Crippen molar-refractivity contribution >= 4 is 0 Å². The molecule has 1 rings (SSSR count). The second kappa shape index (κ2) is 6.85. The van der Waals surface area contributed by atoms with E-state index < -0.39 is 0 Å². The summed E-state index contributed by atoms with van der Waals surface area (Å²) in [6.45, 7) is 11.2. The van der Waals surface area contributed by atoms with Crippen molar-refractivity contribution in [2.24, 2.45) is 5.41 Å². The summed E-state index contributed by atoms with van der Waals surface area (Å²) in [6, 6.07) is 0. The number of aliphatic hydroxyl groups is 1. The van der Waals surface area contributed by atoms with Crippen LogP contribution >= 0.6 is 0 Å². The third-order valence-corrected chi connectivity index (χ3v) is 3.48. The van der Waals surface area contributed by atoms with Gasteiger partial charge in [-0.2, -0.15) is 0 Å². The van der Waals surface area contributed by atoms with Crippen molar-refractivity contribution in [2.45, 2.75) is 39.2 Å². The third-order valence-electron chi connectivity index (χ3n) is 3.48. The molecule has 0 aromatic carbocycles. The van der Waals surface area contributed by atoms with Gasteiger partial charge in [-0.25, -0.2) is 0 Å². The Balaban J connectivity index is 2.57. The van der Waals surface area contributed by atoms with Crippen molar-refractivity contribution in [1.82, 2.24) is 10.2 Å². The molecule has 1 fully saturated rings. The van der Waals surface area contributed by atoms with Crippen LogP contribution in [0.3, 0.4) is 0 Å². The Morgan fingerprint density at radius 2 is 2.11 bits per heavy atom. The Bertz CT molecular complexity index is 232. The number of nitrogens with zero attached hydrogens (tertiary/aromatic N) is 1. The molecule has 0 amide bonds. The Kier molecular flexibility index (Phi) is 6.05. The van der Waals surface area contributed by atoms with Crippen LogP contribution in [0.1, 0.15) is 33.6 Å². The van der Waals surface area contributed by atoms with Crippen molar-refractivity contribution in [2.75, 3.05) is 46.5 Å². The highest BCUT2D eigenvalue weighted by atomic mass is 16.5. The first-order chi connectivity index (χ1) is 8.37. The van der Waals surface area contributed by atoms with Gasteiger partial charge >= 0.3 is 0 Å². The highest BCUT2D eigenvalue weighted by Gasteiger charge is 2.34. The summed E-state index contributed by atoms with van der Waals surface area (Å²) in [5.41, 5.74) is 0.329. The number of aliphatic hydroxyl groups excluding tert-OH is 1. The van der Waals surface area contributed by atoms with E-state index in [1.807, 2.05) is 0 Å². The molecule has 2 N–H and O–H groups in total. The lowest BCUT2D eigenvalue weighted by Gasteiger charge is -2.41. The second-order valence-corrected chi connectivity index (χ2v) is 6.72. The molecule has 0 saturated carbocycles. The molecule has 1 aliphatic rings. The highest BCUT2D eigenvalue weighted by Crippen LogP contribution is 2.29. The Hall–Kier alpha value is -0.160. The molecule has 1 aliphatic heterocycles. The molecule has 1 saturated heterocycles. The average molecular weight is 258 g/mol. The minimum absolute atomic E-state index is 0.139. The number of rotatable bonds is 6. The van der Waals surface area contributed by atoms with Crippen LogP contribution in [0.4, 0.5) is 0 Å². The van der Waals surface area contributed by atoms with Gasteiger partial charge in [0, 0.05) is 37.2 Å². The van der Waals surface area contributed by atoms with Crippen LogP contribution in [0, 0.1) is 5.41 Å². The SMILES string of the molecule is CN(CCO)CC1(CNC(C)(C)C)CCCOC1. The summed E-state index contributed by atoms with van der Waals surface area (Å²) < 4.78 is 5.70. The first-order valence-electron chi connectivity index (χ1n) is 6.99. The third kappa shape index (κ3) is 5.65. The average Bonchev–Trinajstić information content (AvgIpc) is 2.27. The van der Waals surface area contributed by atoms with Gasteiger partial charge in [0.1, 0.15) is 0 Å². The van der Waals surface area contributed by atoms with Gasteiger partial charge in [-0.05, 0) is 40.7 Å². The molecule has 1 heterocycles. The Morgan fingerprint density at radius 3 is 2.61 bits per heavy atom. The molecule has 4 heteroatoms. The number of likely N-dealkylation sites (N-methyl/N-ethyl adjacent to an activating group) is 1. The Morgan fingerprint density at radius 1 is 1.39 bits per heavy atom. The number of hydrogen-bond donors (Lipinski definition) is 2.